The van der Waals surface area contributed by atoms with Crippen LogP contribution in [-0.4, -0.2) is 10.2 Å². The maximum absolute atomic E-state index is 11.3. The highest BCUT2D eigenvalue weighted by Crippen LogP contribution is 2.40. The maximum Gasteiger partial charge on any atom is 0.126 e. The molecule has 4 aromatic rings. The Labute approximate surface area is 208 Å². The first-order valence-corrected chi connectivity index (χ1v) is 12.0. The molecule has 176 valence electrons. The minimum absolute atomic E-state index is 0.249. The van der Waals surface area contributed by atoms with E-state index >= 15 is 0 Å². The number of rotatable bonds is 6. The lowest BCUT2D eigenvalue weighted by Gasteiger charge is -2.17. The molecule has 0 heterocycles. The Hall–Kier alpha value is -4.04. The van der Waals surface area contributed by atoms with Gasteiger partial charge in [-0.15, -0.1) is 0 Å². The van der Waals surface area contributed by atoms with Gasteiger partial charge >= 0.3 is 0 Å². The monoisotopic (exact) mass is 460 g/mol. The van der Waals surface area contributed by atoms with Crippen molar-refractivity contribution in [1.82, 2.24) is 0 Å². The smallest absolute Gasteiger partial charge is 0.126 e. The predicted octanol–water partition coefficient (Wildman–Crippen LogP) is 8.71. The molecule has 2 N–H and O–H groups in total. The second-order valence-corrected chi connectivity index (χ2v) is 8.88. The highest BCUT2D eigenvalue weighted by atomic mass is 16.3. The minimum atomic E-state index is 0.249. The highest BCUT2D eigenvalue weighted by molar-refractivity contribution is 5.83. The number of allylic oxidation sites excluding steroid dienone is 2. The van der Waals surface area contributed by atoms with Gasteiger partial charge < -0.3 is 10.2 Å². The van der Waals surface area contributed by atoms with E-state index in [0.717, 1.165) is 55.6 Å². The first-order chi connectivity index (χ1) is 17.0. The summed E-state index contributed by atoms with van der Waals surface area (Å²) in [4.78, 5) is 0. The minimum Gasteiger partial charge on any atom is -0.507 e. The molecule has 0 aromatic heterocycles. The van der Waals surface area contributed by atoms with Crippen LogP contribution in [-0.2, 0) is 6.42 Å². The SMILES string of the molecule is CC=Cc1c(-c2ccccc2C)ccc(Cc2ccc(-c3ccccc3C)c(C=CC)c2O)c1O. The van der Waals surface area contributed by atoms with Crippen molar-refractivity contribution >= 4 is 12.2 Å². The molecule has 0 bridgehead atoms. The molecule has 0 aliphatic rings. The summed E-state index contributed by atoms with van der Waals surface area (Å²) in [5.74, 6) is 0.498. The van der Waals surface area contributed by atoms with Gasteiger partial charge in [-0.1, -0.05) is 97.1 Å². The van der Waals surface area contributed by atoms with Crippen molar-refractivity contribution < 1.29 is 10.2 Å². The van der Waals surface area contributed by atoms with Gasteiger partial charge in [-0.25, -0.2) is 0 Å². The topological polar surface area (TPSA) is 40.5 Å². The van der Waals surface area contributed by atoms with Crippen LogP contribution < -0.4 is 0 Å². The van der Waals surface area contributed by atoms with Gasteiger partial charge in [-0.3, -0.25) is 0 Å². The first kappa shape index (κ1) is 24.1. The van der Waals surface area contributed by atoms with Gasteiger partial charge in [0.1, 0.15) is 11.5 Å². The first-order valence-electron chi connectivity index (χ1n) is 12.0. The average molecular weight is 461 g/mol. The number of hydrogen-bond donors (Lipinski definition) is 2. The predicted molar refractivity (Wildman–Crippen MR) is 149 cm³/mol. The van der Waals surface area contributed by atoms with Crippen LogP contribution in [0.5, 0.6) is 11.5 Å². The molecule has 35 heavy (non-hydrogen) atoms. The molecule has 0 aliphatic carbocycles. The molecule has 4 aromatic carbocycles. The zero-order chi connectivity index (χ0) is 24.9. The fourth-order valence-corrected chi connectivity index (χ4v) is 4.69. The van der Waals surface area contributed by atoms with Gasteiger partial charge in [-0.2, -0.15) is 0 Å². The summed E-state index contributed by atoms with van der Waals surface area (Å²) >= 11 is 0. The summed E-state index contributed by atoms with van der Waals surface area (Å²) in [6.07, 6.45) is 8.22. The molecule has 0 saturated carbocycles. The number of benzene rings is 4. The van der Waals surface area contributed by atoms with E-state index in [0.29, 0.717) is 6.42 Å². The van der Waals surface area contributed by atoms with E-state index in [1.807, 2.05) is 74.5 Å². The average Bonchev–Trinajstić information content (AvgIpc) is 2.85. The molecule has 0 radical (unpaired) electrons. The van der Waals surface area contributed by atoms with E-state index in [1.54, 1.807) is 0 Å². The molecule has 0 aliphatic heterocycles. The van der Waals surface area contributed by atoms with Crippen LogP contribution in [0.1, 0.15) is 47.2 Å². The zero-order valence-electron chi connectivity index (χ0n) is 20.8. The summed E-state index contributed by atoms with van der Waals surface area (Å²) in [5.41, 5.74) is 9.66. The molecular formula is C33H32O2. The molecule has 0 spiro atoms. The lowest BCUT2D eigenvalue weighted by Crippen LogP contribution is -1.97. The molecule has 0 saturated heterocycles. The largest absolute Gasteiger partial charge is 0.507 e. The van der Waals surface area contributed by atoms with Crippen molar-refractivity contribution in [2.45, 2.75) is 34.1 Å². The number of aryl methyl sites for hydroxylation is 2. The highest BCUT2D eigenvalue weighted by Gasteiger charge is 2.17. The third-order valence-corrected chi connectivity index (χ3v) is 6.52. The van der Waals surface area contributed by atoms with Gasteiger partial charge in [0.25, 0.3) is 0 Å². The standard InChI is InChI=1S/C33H32O2/c1-5-11-30-28(26-15-9-7-13-22(26)3)19-17-24(32(30)34)21-25-18-20-29(31(12-6-2)33(25)35)27-16-10-8-14-23(27)4/h5-20,34-35H,21H2,1-4H3. The van der Waals surface area contributed by atoms with E-state index in [4.69, 9.17) is 0 Å². The van der Waals surface area contributed by atoms with Gasteiger partial charge in [0, 0.05) is 17.5 Å². The molecule has 0 amide bonds. The van der Waals surface area contributed by atoms with E-state index in [-0.39, 0.29) is 11.5 Å². The second kappa shape index (κ2) is 10.5. The number of phenolic OH excluding ortho intramolecular Hbond substituents is 2. The lowest BCUT2D eigenvalue weighted by atomic mass is 9.89. The Kier molecular flexibility index (Phi) is 7.22. The molecule has 4 rings (SSSR count). The molecule has 2 nitrogen and oxygen atoms in total. The maximum atomic E-state index is 11.3. The molecular weight excluding hydrogens is 428 g/mol. The molecule has 0 fully saturated rings. The summed E-state index contributed by atoms with van der Waals surface area (Å²) < 4.78 is 0. The fraction of sp³-hybridized carbons (Fsp3) is 0.152. The van der Waals surface area contributed by atoms with Gasteiger partial charge in [0.2, 0.25) is 0 Å². The van der Waals surface area contributed by atoms with Crippen LogP contribution >= 0.6 is 0 Å². The van der Waals surface area contributed by atoms with Crippen LogP contribution in [0.2, 0.25) is 0 Å². The quantitative estimate of drug-likeness (QED) is 0.302. The normalized spacial score (nSPS) is 11.5. The van der Waals surface area contributed by atoms with E-state index in [2.05, 4.69) is 50.2 Å². The van der Waals surface area contributed by atoms with Gasteiger partial charge in [0.05, 0.1) is 0 Å². The van der Waals surface area contributed by atoms with E-state index in [9.17, 15) is 10.2 Å². The third-order valence-electron chi connectivity index (χ3n) is 6.52. The Bertz CT molecular complexity index is 1310. The van der Waals surface area contributed by atoms with Gasteiger partial charge in [-0.05, 0) is 72.2 Å². The van der Waals surface area contributed by atoms with Crippen LogP contribution in [0.15, 0.2) is 84.9 Å². The van der Waals surface area contributed by atoms with Crippen LogP contribution in [0.4, 0.5) is 0 Å². The van der Waals surface area contributed by atoms with Crippen molar-refractivity contribution in [2.24, 2.45) is 0 Å². The molecule has 0 atom stereocenters. The van der Waals surface area contributed by atoms with Gasteiger partial charge in [0.15, 0.2) is 0 Å². The summed E-state index contributed by atoms with van der Waals surface area (Å²) in [5, 5.41) is 22.6. The van der Waals surface area contributed by atoms with Crippen molar-refractivity contribution in [3.05, 3.63) is 118 Å². The van der Waals surface area contributed by atoms with E-state index in [1.165, 1.54) is 0 Å². The second-order valence-electron chi connectivity index (χ2n) is 8.88. The summed E-state index contributed by atoms with van der Waals surface area (Å²) in [6.45, 7) is 8.06. The van der Waals surface area contributed by atoms with Crippen LogP contribution in [0.3, 0.4) is 0 Å². The summed E-state index contributed by atoms with van der Waals surface area (Å²) in [7, 11) is 0. The Balaban J connectivity index is 1.81. The van der Waals surface area contributed by atoms with Crippen LogP contribution in [0.25, 0.3) is 34.4 Å². The number of hydrogen-bond acceptors (Lipinski definition) is 2. The summed E-state index contributed by atoms with van der Waals surface area (Å²) in [6, 6.07) is 24.5. The van der Waals surface area contributed by atoms with Crippen molar-refractivity contribution in [3.63, 3.8) is 0 Å². The van der Waals surface area contributed by atoms with E-state index < -0.39 is 0 Å². The molecule has 0 unspecified atom stereocenters. The molecule has 2 heteroatoms. The van der Waals surface area contributed by atoms with Crippen LogP contribution in [0, 0.1) is 13.8 Å². The van der Waals surface area contributed by atoms with Crippen molar-refractivity contribution in [1.29, 1.82) is 0 Å². The fourth-order valence-electron chi connectivity index (χ4n) is 4.69. The van der Waals surface area contributed by atoms with Crippen molar-refractivity contribution in [2.75, 3.05) is 0 Å². The third kappa shape index (κ3) is 4.79. The Morgan fingerprint density at radius 1 is 0.543 bits per heavy atom. The Morgan fingerprint density at radius 3 is 1.31 bits per heavy atom. The number of phenols is 2. The van der Waals surface area contributed by atoms with Crippen molar-refractivity contribution in [3.8, 4) is 33.8 Å². The number of aromatic hydroxyl groups is 2. The zero-order valence-corrected chi connectivity index (χ0v) is 20.8. The Morgan fingerprint density at radius 2 is 0.943 bits per heavy atom. The lowest BCUT2D eigenvalue weighted by molar-refractivity contribution is 0.462.